The number of nitrogens with zero attached hydrogens (tertiary/aromatic N) is 9. The van der Waals surface area contributed by atoms with Crippen LogP contribution in [-0.2, 0) is 6.18 Å². The summed E-state index contributed by atoms with van der Waals surface area (Å²) in [5, 5.41) is 3.18. The van der Waals surface area contributed by atoms with Gasteiger partial charge in [0, 0.05) is 38.2 Å². The summed E-state index contributed by atoms with van der Waals surface area (Å²) >= 11 is 0. The third-order valence-electron chi connectivity index (χ3n) is 10.8. The number of fused-ring (bicyclic) bond motifs is 6. The van der Waals surface area contributed by atoms with E-state index in [9.17, 15) is 0 Å². The van der Waals surface area contributed by atoms with Crippen molar-refractivity contribution in [2.45, 2.75) is 33.9 Å². The molecule has 4 heterocycles. The SMILES string of the molecule is [C-]#[N+]c1cccc(-c2cc(-n3c4ccccc4c4cc(-c5nc(C)nc(C)n5)ccc43)c(C(F)(F)F)cc2-n2c3ccccc3c3cc(-c4nc(C)nc(C)n4)ccc32)c1. The van der Waals surface area contributed by atoms with Crippen molar-refractivity contribution in [1.29, 1.82) is 0 Å². The average Bonchev–Trinajstić information content (AvgIpc) is 3.74. The molecule has 0 fully saturated rings. The van der Waals surface area contributed by atoms with Crippen LogP contribution in [0.3, 0.4) is 0 Å². The van der Waals surface area contributed by atoms with Crippen LogP contribution >= 0.6 is 0 Å². The summed E-state index contributed by atoms with van der Waals surface area (Å²) in [5.74, 6) is 3.31. The van der Waals surface area contributed by atoms with Crippen molar-refractivity contribution in [2.75, 3.05) is 0 Å². The van der Waals surface area contributed by atoms with Crippen LogP contribution in [0.25, 0.3) is 93.7 Å². The largest absolute Gasteiger partial charge is 0.418 e. The summed E-state index contributed by atoms with van der Waals surface area (Å²) in [5.41, 5.74) is 4.96. The van der Waals surface area contributed by atoms with Crippen molar-refractivity contribution < 1.29 is 13.2 Å². The first-order valence-corrected chi connectivity index (χ1v) is 19.1. The predicted octanol–water partition coefficient (Wildman–Crippen LogP) is 12.1. The number of aromatic nitrogens is 8. The van der Waals surface area contributed by atoms with Crippen molar-refractivity contribution in [2.24, 2.45) is 0 Å². The van der Waals surface area contributed by atoms with Crippen LogP contribution in [0.15, 0.2) is 121 Å². The molecular weight excluding hydrogens is 760 g/mol. The number of alkyl halides is 3. The van der Waals surface area contributed by atoms with Crippen LogP contribution in [0.5, 0.6) is 0 Å². The summed E-state index contributed by atoms with van der Waals surface area (Å²) in [6.07, 6.45) is -4.78. The minimum atomic E-state index is -4.78. The van der Waals surface area contributed by atoms with Crippen LogP contribution in [0.2, 0.25) is 0 Å². The van der Waals surface area contributed by atoms with Gasteiger partial charge in [-0.05, 0) is 100.0 Å². The molecular formula is C48H32F3N9. The second-order valence-corrected chi connectivity index (χ2v) is 14.7. The monoisotopic (exact) mass is 791 g/mol. The fourth-order valence-corrected chi connectivity index (χ4v) is 8.38. The van der Waals surface area contributed by atoms with Gasteiger partial charge in [0.25, 0.3) is 0 Å². The predicted molar refractivity (Wildman–Crippen MR) is 228 cm³/mol. The van der Waals surface area contributed by atoms with Crippen LogP contribution in [-0.4, -0.2) is 39.0 Å². The molecule has 0 N–H and O–H groups in total. The Hall–Kier alpha value is -7.78. The van der Waals surface area contributed by atoms with Crippen molar-refractivity contribution >= 4 is 49.3 Å². The minimum absolute atomic E-state index is 0.0519. The number of aryl methyl sites for hydroxylation is 4. The zero-order valence-electron chi connectivity index (χ0n) is 32.7. The molecule has 0 saturated carbocycles. The van der Waals surface area contributed by atoms with Gasteiger partial charge in [0.1, 0.15) is 23.3 Å². The Morgan fingerprint density at radius 1 is 0.467 bits per heavy atom. The van der Waals surface area contributed by atoms with Gasteiger partial charge in [-0.1, -0.05) is 54.6 Å². The summed E-state index contributed by atoms with van der Waals surface area (Å²) in [6.45, 7) is 15.0. The maximum atomic E-state index is 15.9. The zero-order chi connectivity index (χ0) is 41.4. The van der Waals surface area contributed by atoms with Crippen molar-refractivity contribution in [1.82, 2.24) is 39.0 Å². The minimum Gasteiger partial charge on any atom is -0.309 e. The third kappa shape index (κ3) is 6.02. The number of hydrogen-bond donors (Lipinski definition) is 0. The number of hydrogen-bond acceptors (Lipinski definition) is 6. The first-order valence-electron chi connectivity index (χ1n) is 19.1. The van der Waals surface area contributed by atoms with E-state index in [4.69, 9.17) is 6.57 Å². The van der Waals surface area contributed by atoms with E-state index in [2.05, 4.69) is 34.7 Å². The molecule has 12 heteroatoms. The maximum absolute atomic E-state index is 15.9. The van der Waals surface area contributed by atoms with Gasteiger partial charge < -0.3 is 9.13 Å². The Morgan fingerprint density at radius 2 is 0.950 bits per heavy atom. The molecule has 0 saturated heterocycles. The van der Waals surface area contributed by atoms with Crippen molar-refractivity contribution in [3.05, 3.63) is 162 Å². The van der Waals surface area contributed by atoms with Gasteiger partial charge in [0.15, 0.2) is 17.3 Å². The van der Waals surface area contributed by atoms with E-state index in [1.165, 1.54) is 6.07 Å². The summed E-state index contributed by atoms with van der Waals surface area (Å²) in [6, 6.07) is 36.3. The molecule has 290 valence electrons. The highest BCUT2D eigenvalue weighted by Crippen LogP contribution is 2.46. The summed E-state index contributed by atoms with van der Waals surface area (Å²) in [7, 11) is 0. The lowest BCUT2D eigenvalue weighted by Crippen LogP contribution is -2.13. The van der Waals surface area contributed by atoms with Gasteiger partial charge in [-0.2, -0.15) is 13.2 Å². The molecule has 10 rings (SSSR count). The average molecular weight is 792 g/mol. The third-order valence-corrected chi connectivity index (χ3v) is 10.8. The lowest BCUT2D eigenvalue weighted by atomic mass is 9.98. The molecule has 0 amide bonds. The summed E-state index contributed by atoms with van der Waals surface area (Å²) < 4.78 is 51.3. The van der Waals surface area contributed by atoms with Gasteiger partial charge >= 0.3 is 6.18 Å². The molecule has 0 aliphatic heterocycles. The molecule has 0 bridgehead atoms. The van der Waals surface area contributed by atoms with Crippen molar-refractivity contribution in [3.63, 3.8) is 0 Å². The Kier molecular flexibility index (Phi) is 8.33. The topological polar surface area (TPSA) is 91.6 Å². The van der Waals surface area contributed by atoms with Crippen LogP contribution < -0.4 is 0 Å². The second-order valence-electron chi connectivity index (χ2n) is 14.7. The van der Waals surface area contributed by atoms with E-state index < -0.39 is 11.7 Å². The Balaban J connectivity index is 1.29. The fourth-order valence-electron chi connectivity index (χ4n) is 8.38. The quantitative estimate of drug-likeness (QED) is 0.161. The number of benzene rings is 6. The first-order chi connectivity index (χ1) is 28.9. The van der Waals surface area contributed by atoms with E-state index in [1.807, 2.05) is 109 Å². The van der Waals surface area contributed by atoms with Gasteiger partial charge in [-0.15, -0.1) is 0 Å². The second kappa shape index (κ2) is 13.7. The standard InChI is InChI=1S/C48H32F3N9/c1-26-53-27(2)56-46(55-26)31-17-19-42-37(22-31)34-13-6-8-15-40(34)59(42)44-25-39(48(49,50)51)45(24-36(44)30-11-10-12-33(21-30)52-5)60-41-16-9-7-14-35(41)38-23-32(18-20-43(38)60)47-57-28(3)54-29(4)58-47/h6-25H,1-4H3. The van der Waals surface area contributed by atoms with Gasteiger partial charge in [0.05, 0.1) is 45.6 Å². The molecule has 0 aliphatic rings. The van der Waals surface area contributed by atoms with E-state index in [0.717, 1.165) is 32.7 Å². The van der Waals surface area contributed by atoms with E-state index in [0.29, 0.717) is 79.5 Å². The van der Waals surface area contributed by atoms with E-state index >= 15 is 13.2 Å². The van der Waals surface area contributed by atoms with E-state index in [1.54, 1.807) is 42.7 Å². The Labute approximate surface area is 341 Å². The van der Waals surface area contributed by atoms with Crippen LogP contribution in [0.1, 0.15) is 28.9 Å². The molecule has 0 atom stereocenters. The Morgan fingerprint density at radius 3 is 1.45 bits per heavy atom. The zero-order valence-corrected chi connectivity index (χ0v) is 32.7. The molecule has 0 spiro atoms. The number of halogens is 3. The lowest BCUT2D eigenvalue weighted by molar-refractivity contribution is -0.137. The lowest BCUT2D eigenvalue weighted by Gasteiger charge is -2.22. The van der Waals surface area contributed by atoms with Gasteiger partial charge in [-0.25, -0.2) is 34.7 Å². The summed E-state index contributed by atoms with van der Waals surface area (Å²) in [4.78, 5) is 30.6. The highest BCUT2D eigenvalue weighted by atomic mass is 19.4. The molecule has 0 unspecified atom stereocenters. The molecule has 4 aromatic heterocycles. The molecule has 0 radical (unpaired) electrons. The van der Waals surface area contributed by atoms with Gasteiger partial charge in [0.2, 0.25) is 0 Å². The van der Waals surface area contributed by atoms with E-state index in [-0.39, 0.29) is 5.69 Å². The van der Waals surface area contributed by atoms with Crippen LogP contribution in [0.4, 0.5) is 18.9 Å². The number of para-hydroxylation sites is 2. The highest BCUT2D eigenvalue weighted by Gasteiger charge is 2.37. The molecule has 60 heavy (non-hydrogen) atoms. The fraction of sp³-hybridized carbons (Fsp3) is 0.104. The molecule has 9 nitrogen and oxygen atoms in total. The molecule has 6 aromatic carbocycles. The van der Waals surface area contributed by atoms with Crippen molar-refractivity contribution in [3.8, 4) is 45.3 Å². The number of rotatable bonds is 5. The first kappa shape index (κ1) is 36.6. The Bertz CT molecular complexity index is 3410. The maximum Gasteiger partial charge on any atom is 0.418 e. The highest BCUT2D eigenvalue weighted by molar-refractivity contribution is 6.12. The van der Waals surface area contributed by atoms with Gasteiger partial charge in [-0.3, -0.25) is 0 Å². The normalized spacial score (nSPS) is 11.9. The van der Waals surface area contributed by atoms with Crippen LogP contribution in [0, 0.1) is 34.3 Å². The smallest absolute Gasteiger partial charge is 0.309 e. The molecule has 10 aromatic rings. The molecule has 0 aliphatic carbocycles.